The SMILES string of the molecule is O=C(O)c1c(CNCc2ccccn2)oc2ccccc12. The summed E-state index contributed by atoms with van der Waals surface area (Å²) in [6, 6.07) is 12.8. The molecule has 0 bridgehead atoms. The minimum atomic E-state index is -0.977. The number of furan rings is 1. The number of hydrogen-bond acceptors (Lipinski definition) is 4. The molecule has 0 atom stereocenters. The van der Waals surface area contributed by atoms with E-state index in [0.29, 0.717) is 29.8 Å². The molecule has 3 rings (SSSR count). The third-order valence-electron chi connectivity index (χ3n) is 3.20. The lowest BCUT2D eigenvalue weighted by molar-refractivity contribution is 0.0696. The molecule has 5 heteroatoms. The molecule has 0 saturated heterocycles. The van der Waals surface area contributed by atoms with Gasteiger partial charge in [0.2, 0.25) is 0 Å². The van der Waals surface area contributed by atoms with E-state index in [0.717, 1.165) is 5.69 Å². The van der Waals surface area contributed by atoms with Gasteiger partial charge in [0.15, 0.2) is 0 Å². The Bertz CT molecular complexity index is 766. The molecule has 2 aromatic heterocycles. The Morgan fingerprint density at radius 1 is 1.14 bits per heavy atom. The van der Waals surface area contributed by atoms with Crippen LogP contribution in [-0.2, 0) is 13.1 Å². The number of carboxylic acids is 1. The lowest BCUT2D eigenvalue weighted by Gasteiger charge is -2.03. The fraction of sp³-hybridized carbons (Fsp3) is 0.125. The maximum absolute atomic E-state index is 11.4. The lowest BCUT2D eigenvalue weighted by atomic mass is 10.1. The topological polar surface area (TPSA) is 75.4 Å². The largest absolute Gasteiger partial charge is 0.478 e. The first-order valence-corrected chi connectivity index (χ1v) is 6.60. The van der Waals surface area contributed by atoms with Crippen LogP contribution in [0.25, 0.3) is 11.0 Å². The number of nitrogens with zero attached hydrogens (tertiary/aromatic N) is 1. The molecular weight excluding hydrogens is 268 g/mol. The van der Waals surface area contributed by atoms with E-state index in [1.165, 1.54) is 0 Å². The number of fused-ring (bicyclic) bond motifs is 1. The summed E-state index contributed by atoms with van der Waals surface area (Å²) < 4.78 is 5.63. The molecule has 0 fully saturated rings. The molecule has 0 unspecified atom stereocenters. The molecule has 106 valence electrons. The first-order chi connectivity index (χ1) is 10.3. The summed E-state index contributed by atoms with van der Waals surface area (Å²) in [6.45, 7) is 0.893. The molecule has 0 aliphatic rings. The quantitative estimate of drug-likeness (QED) is 0.752. The normalized spacial score (nSPS) is 10.9. The van der Waals surface area contributed by atoms with E-state index >= 15 is 0 Å². The molecule has 0 aliphatic heterocycles. The highest BCUT2D eigenvalue weighted by molar-refractivity contribution is 6.03. The number of aromatic nitrogens is 1. The van der Waals surface area contributed by atoms with Gasteiger partial charge in [0.1, 0.15) is 16.9 Å². The highest BCUT2D eigenvalue weighted by Gasteiger charge is 2.19. The molecular formula is C16H14N2O3. The zero-order valence-corrected chi connectivity index (χ0v) is 11.2. The summed E-state index contributed by atoms with van der Waals surface area (Å²) in [5, 5.41) is 13.1. The highest BCUT2D eigenvalue weighted by atomic mass is 16.4. The first-order valence-electron chi connectivity index (χ1n) is 6.60. The van der Waals surface area contributed by atoms with Crippen LogP contribution in [0.1, 0.15) is 21.8 Å². The van der Waals surface area contributed by atoms with Gasteiger partial charge >= 0.3 is 5.97 Å². The van der Waals surface area contributed by atoms with Gasteiger partial charge in [-0.05, 0) is 18.2 Å². The standard InChI is InChI=1S/C16H14N2O3/c19-16(20)15-12-6-1-2-7-13(12)21-14(15)10-17-9-11-5-3-4-8-18-11/h1-8,17H,9-10H2,(H,19,20). The Balaban J connectivity index is 1.80. The van der Waals surface area contributed by atoms with Gasteiger partial charge in [-0.3, -0.25) is 4.98 Å². The lowest BCUT2D eigenvalue weighted by Crippen LogP contribution is -2.15. The van der Waals surface area contributed by atoms with Gasteiger partial charge in [0.25, 0.3) is 0 Å². The second-order valence-corrected chi connectivity index (χ2v) is 4.63. The van der Waals surface area contributed by atoms with E-state index in [4.69, 9.17) is 4.42 Å². The Morgan fingerprint density at radius 3 is 2.71 bits per heavy atom. The molecule has 1 aromatic carbocycles. The van der Waals surface area contributed by atoms with E-state index in [1.54, 1.807) is 24.4 Å². The highest BCUT2D eigenvalue weighted by Crippen LogP contribution is 2.25. The number of carbonyl (C=O) groups is 1. The van der Waals surface area contributed by atoms with Crippen molar-refractivity contribution in [3.8, 4) is 0 Å². The number of nitrogens with one attached hydrogen (secondary N) is 1. The van der Waals surface area contributed by atoms with Gasteiger partial charge in [-0.15, -0.1) is 0 Å². The Hall–Kier alpha value is -2.66. The Kier molecular flexibility index (Phi) is 3.66. The predicted molar refractivity (Wildman–Crippen MR) is 78.0 cm³/mol. The summed E-state index contributed by atoms with van der Waals surface area (Å²) in [6.07, 6.45) is 1.72. The van der Waals surface area contributed by atoms with Crippen LogP contribution in [0.4, 0.5) is 0 Å². The second-order valence-electron chi connectivity index (χ2n) is 4.63. The molecule has 0 spiro atoms. The minimum Gasteiger partial charge on any atom is -0.478 e. The van der Waals surface area contributed by atoms with Crippen LogP contribution < -0.4 is 5.32 Å². The van der Waals surface area contributed by atoms with Gasteiger partial charge in [0, 0.05) is 18.1 Å². The fourth-order valence-electron chi connectivity index (χ4n) is 2.26. The number of aromatic carboxylic acids is 1. The number of benzene rings is 1. The Morgan fingerprint density at radius 2 is 1.95 bits per heavy atom. The van der Waals surface area contributed by atoms with Crippen LogP contribution >= 0.6 is 0 Å². The summed E-state index contributed by atoms with van der Waals surface area (Å²) in [7, 11) is 0. The second kappa shape index (κ2) is 5.76. The zero-order valence-electron chi connectivity index (χ0n) is 11.2. The maximum Gasteiger partial charge on any atom is 0.339 e. The number of rotatable bonds is 5. The molecule has 2 N–H and O–H groups in total. The maximum atomic E-state index is 11.4. The van der Waals surface area contributed by atoms with Gasteiger partial charge in [-0.1, -0.05) is 24.3 Å². The number of pyridine rings is 1. The van der Waals surface area contributed by atoms with Crippen molar-refractivity contribution in [3.63, 3.8) is 0 Å². The average Bonchev–Trinajstić information content (AvgIpc) is 2.86. The first kappa shape index (κ1) is 13.3. The number of hydrogen-bond donors (Lipinski definition) is 2. The molecule has 3 aromatic rings. The molecule has 0 aliphatic carbocycles. The number of para-hydroxylation sites is 1. The van der Waals surface area contributed by atoms with Crippen LogP contribution in [0.5, 0.6) is 0 Å². The van der Waals surface area contributed by atoms with Crippen LogP contribution in [0.15, 0.2) is 53.1 Å². The molecule has 0 amide bonds. The summed E-state index contributed by atoms with van der Waals surface area (Å²) in [4.78, 5) is 15.6. The van der Waals surface area contributed by atoms with Crippen molar-refractivity contribution in [2.45, 2.75) is 13.1 Å². The smallest absolute Gasteiger partial charge is 0.339 e. The van der Waals surface area contributed by atoms with Crippen molar-refractivity contribution in [2.75, 3.05) is 0 Å². The molecule has 2 heterocycles. The molecule has 0 saturated carbocycles. The summed E-state index contributed by atoms with van der Waals surface area (Å²) in [5.74, 6) is -0.547. The van der Waals surface area contributed by atoms with Gasteiger partial charge in [-0.25, -0.2) is 4.79 Å². The fourth-order valence-corrected chi connectivity index (χ4v) is 2.26. The third kappa shape index (κ3) is 2.78. The van der Waals surface area contributed by atoms with E-state index < -0.39 is 5.97 Å². The van der Waals surface area contributed by atoms with Crippen molar-refractivity contribution in [2.24, 2.45) is 0 Å². The van der Waals surface area contributed by atoms with Gasteiger partial charge < -0.3 is 14.8 Å². The Labute approximate surface area is 121 Å². The van der Waals surface area contributed by atoms with E-state index in [2.05, 4.69) is 10.3 Å². The van der Waals surface area contributed by atoms with Gasteiger partial charge in [0.05, 0.1) is 12.2 Å². The molecule has 0 radical (unpaired) electrons. The van der Waals surface area contributed by atoms with E-state index in [1.807, 2.05) is 24.3 Å². The van der Waals surface area contributed by atoms with Crippen LogP contribution in [-0.4, -0.2) is 16.1 Å². The summed E-state index contributed by atoms with van der Waals surface area (Å²) >= 11 is 0. The summed E-state index contributed by atoms with van der Waals surface area (Å²) in [5.41, 5.74) is 1.70. The van der Waals surface area contributed by atoms with Crippen molar-refractivity contribution in [3.05, 3.63) is 65.7 Å². The average molecular weight is 282 g/mol. The van der Waals surface area contributed by atoms with Crippen molar-refractivity contribution in [1.82, 2.24) is 10.3 Å². The molecule has 5 nitrogen and oxygen atoms in total. The number of carboxylic acid groups (broad SMARTS) is 1. The van der Waals surface area contributed by atoms with E-state index in [9.17, 15) is 9.90 Å². The van der Waals surface area contributed by atoms with Crippen LogP contribution in [0.3, 0.4) is 0 Å². The third-order valence-corrected chi connectivity index (χ3v) is 3.20. The van der Waals surface area contributed by atoms with Crippen molar-refractivity contribution < 1.29 is 14.3 Å². The monoisotopic (exact) mass is 282 g/mol. The minimum absolute atomic E-state index is 0.221. The molecule has 21 heavy (non-hydrogen) atoms. The van der Waals surface area contributed by atoms with E-state index in [-0.39, 0.29) is 5.56 Å². The van der Waals surface area contributed by atoms with Crippen LogP contribution in [0.2, 0.25) is 0 Å². The van der Waals surface area contributed by atoms with Crippen molar-refractivity contribution >= 4 is 16.9 Å². The van der Waals surface area contributed by atoms with Crippen LogP contribution in [0, 0.1) is 0 Å². The van der Waals surface area contributed by atoms with Gasteiger partial charge in [-0.2, -0.15) is 0 Å². The zero-order chi connectivity index (χ0) is 14.7. The predicted octanol–water partition coefficient (Wildman–Crippen LogP) is 2.82. The van der Waals surface area contributed by atoms with Crippen molar-refractivity contribution in [1.29, 1.82) is 0 Å².